The van der Waals surface area contributed by atoms with Gasteiger partial charge in [0, 0.05) is 24.2 Å². The number of carbonyl (C=O) groups is 1. The van der Waals surface area contributed by atoms with Crippen molar-refractivity contribution in [2.45, 2.75) is 32.7 Å². The molecule has 27 heavy (non-hydrogen) atoms. The molecule has 1 unspecified atom stereocenters. The lowest BCUT2D eigenvalue weighted by atomic mass is 10.0. The number of para-hydroxylation sites is 1. The maximum Gasteiger partial charge on any atom is 0.273 e. The number of nitro benzene ring substituents is 1. The van der Waals surface area contributed by atoms with Crippen molar-refractivity contribution in [3.05, 3.63) is 75.8 Å². The number of carbonyl (C=O) groups excluding carboxylic acids is 1. The smallest absolute Gasteiger partial charge is 0.273 e. The van der Waals surface area contributed by atoms with Crippen molar-refractivity contribution >= 4 is 11.6 Å². The van der Waals surface area contributed by atoms with Crippen molar-refractivity contribution in [2.24, 2.45) is 0 Å². The van der Waals surface area contributed by atoms with Crippen molar-refractivity contribution < 1.29 is 9.72 Å². The minimum atomic E-state index is -0.448. The van der Waals surface area contributed by atoms with Crippen LogP contribution < -0.4 is 5.32 Å². The molecular formula is C21H27N3O3. The van der Waals surface area contributed by atoms with Crippen LogP contribution in [0.15, 0.2) is 54.6 Å². The van der Waals surface area contributed by atoms with E-state index in [1.165, 1.54) is 11.6 Å². The van der Waals surface area contributed by atoms with Gasteiger partial charge in [0.15, 0.2) is 0 Å². The van der Waals surface area contributed by atoms with E-state index in [0.717, 1.165) is 19.5 Å². The summed E-state index contributed by atoms with van der Waals surface area (Å²) < 4.78 is 0. The van der Waals surface area contributed by atoms with Gasteiger partial charge in [0.05, 0.1) is 11.3 Å². The second-order valence-electron chi connectivity index (χ2n) is 6.43. The van der Waals surface area contributed by atoms with E-state index in [-0.39, 0.29) is 24.1 Å². The van der Waals surface area contributed by atoms with Gasteiger partial charge >= 0.3 is 0 Å². The molecule has 2 aromatic rings. The normalized spacial score (nSPS) is 12.0. The first kappa shape index (κ1) is 20.6. The minimum absolute atomic E-state index is 0.00740. The highest BCUT2D eigenvalue weighted by Gasteiger charge is 2.19. The third-order valence-electron chi connectivity index (χ3n) is 4.72. The molecule has 1 atom stereocenters. The molecule has 0 aliphatic heterocycles. The summed E-state index contributed by atoms with van der Waals surface area (Å²) in [4.78, 5) is 25.4. The van der Waals surface area contributed by atoms with E-state index >= 15 is 0 Å². The summed E-state index contributed by atoms with van der Waals surface area (Å²) in [6.07, 6.45) is 0.849. The fraction of sp³-hybridized carbons (Fsp3) is 0.381. The monoisotopic (exact) mass is 369 g/mol. The first-order valence-corrected chi connectivity index (χ1v) is 9.32. The van der Waals surface area contributed by atoms with Crippen LogP contribution in [0.5, 0.6) is 0 Å². The Morgan fingerprint density at radius 1 is 1.07 bits per heavy atom. The number of nitrogens with zero attached hydrogens (tertiary/aromatic N) is 2. The van der Waals surface area contributed by atoms with Gasteiger partial charge in [-0.05, 0) is 25.1 Å². The number of amides is 1. The molecule has 0 aliphatic rings. The highest BCUT2D eigenvalue weighted by Crippen LogP contribution is 2.18. The Labute approximate surface area is 160 Å². The molecular weight excluding hydrogens is 342 g/mol. The van der Waals surface area contributed by atoms with Gasteiger partial charge in [-0.1, -0.05) is 62.4 Å². The molecule has 0 aromatic heterocycles. The van der Waals surface area contributed by atoms with Crippen molar-refractivity contribution in [3.63, 3.8) is 0 Å². The van der Waals surface area contributed by atoms with Crippen LogP contribution >= 0.6 is 0 Å². The zero-order valence-electron chi connectivity index (χ0n) is 15.9. The number of nitro groups is 1. The molecule has 0 bridgehead atoms. The van der Waals surface area contributed by atoms with Crippen molar-refractivity contribution in [2.75, 3.05) is 19.6 Å². The molecule has 0 heterocycles. The summed E-state index contributed by atoms with van der Waals surface area (Å²) in [5.74, 6) is -0.200. The summed E-state index contributed by atoms with van der Waals surface area (Å²) >= 11 is 0. The Hall–Kier alpha value is -2.73. The SMILES string of the molecule is CCN(CC)C(CNC(=O)Cc1ccccc1[N+](=O)[O-])Cc1ccccc1. The lowest BCUT2D eigenvalue weighted by Gasteiger charge is -2.30. The molecule has 0 saturated carbocycles. The molecule has 0 saturated heterocycles. The Morgan fingerprint density at radius 2 is 1.70 bits per heavy atom. The number of nitrogens with one attached hydrogen (secondary N) is 1. The second kappa shape index (κ2) is 10.4. The van der Waals surface area contributed by atoms with Crippen LogP contribution in [0.25, 0.3) is 0 Å². The Morgan fingerprint density at radius 3 is 2.33 bits per heavy atom. The van der Waals surface area contributed by atoms with E-state index in [9.17, 15) is 14.9 Å². The van der Waals surface area contributed by atoms with Crippen LogP contribution in [0.4, 0.5) is 5.69 Å². The minimum Gasteiger partial charge on any atom is -0.354 e. The number of rotatable bonds is 10. The molecule has 1 amide bonds. The first-order chi connectivity index (χ1) is 13.0. The van der Waals surface area contributed by atoms with E-state index < -0.39 is 4.92 Å². The number of hydrogen-bond donors (Lipinski definition) is 1. The van der Waals surface area contributed by atoms with Gasteiger partial charge in [-0.3, -0.25) is 19.8 Å². The highest BCUT2D eigenvalue weighted by atomic mass is 16.6. The summed E-state index contributed by atoms with van der Waals surface area (Å²) in [5, 5.41) is 14.1. The van der Waals surface area contributed by atoms with Crippen LogP contribution in [0.2, 0.25) is 0 Å². The molecule has 144 valence electrons. The van der Waals surface area contributed by atoms with Gasteiger partial charge in [0.25, 0.3) is 5.69 Å². The molecule has 0 fully saturated rings. The average Bonchev–Trinajstić information content (AvgIpc) is 2.68. The average molecular weight is 369 g/mol. The molecule has 0 spiro atoms. The van der Waals surface area contributed by atoms with Gasteiger partial charge in [-0.2, -0.15) is 0 Å². The fourth-order valence-electron chi connectivity index (χ4n) is 3.26. The molecule has 2 aromatic carbocycles. The van der Waals surface area contributed by atoms with Gasteiger partial charge in [-0.15, -0.1) is 0 Å². The molecule has 2 rings (SSSR count). The van der Waals surface area contributed by atoms with Crippen LogP contribution in [0.3, 0.4) is 0 Å². The Bertz CT molecular complexity index is 745. The number of benzene rings is 2. The molecule has 6 nitrogen and oxygen atoms in total. The van der Waals surface area contributed by atoms with Crippen LogP contribution in [-0.2, 0) is 17.6 Å². The Kier molecular flexibility index (Phi) is 7.95. The largest absolute Gasteiger partial charge is 0.354 e. The predicted octanol–water partition coefficient (Wildman–Crippen LogP) is 3.21. The zero-order valence-corrected chi connectivity index (χ0v) is 15.9. The van der Waals surface area contributed by atoms with Crippen LogP contribution in [0, 0.1) is 10.1 Å². The molecule has 0 radical (unpaired) electrons. The topological polar surface area (TPSA) is 75.5 Å². The van der Waals surface area contributed by atoms with Gasteiger partial charge < -0.3 is 5.32 Å². The lowest BCUT2D eigenvalue weighted by Crippen LogP contribution is -2.45. The first-order valence-electron chi connectivity index (χ1n) is 9.32. The molecule has 1 N–H and O–H groups in total. The maximum atomic E-state index is 12.4. The van der Waals surface area contributed by atoms with Crippen molar-refractivity contribution in [1.29, 1.82) is 0 Å². The maximum absolute atomic E-state index is 12.4. The van der Waals surface area contributed by atoms with E-state index in [4.69, 9.17) is 0 Å². The third-order valence-corrected chi connectivity index (χ3v) is 4.72. The quantitative estimate of drug-likeness (QED) is 0.515. The highest BCUT2D eigenvalue weighted by molar-refractivity contribution is 5.79. The number of likely N-dealkylation sites (N-methyl/N-ethyl adjacent to an activating group) is 1. The van der Waals surface area contributed by atoms with Gasteiger partial charge in [0.2, 0.25) is 5.91 Å². The summed E-state index contributed by atoms with van der Waals surface area (Å²) in [7, 11) is 0. The molecule has 0 aliphatic carbocycles. The number of hydrogen-bond acceptors (Lipinski definition) is 4. The third kappa shape index (κ3) is 6.18. The van der Waals surface area contributed by atoms with E-state index in [0.29, 0.717) is 12.1 Å². The fourth-order valence-corrected chi connectivity index (χ4v) is 3.26. The lowest BCUT2D eigenvalue weighted by molar-refractivity contribution is -0.385. The Balaban J connectivity index is 2.01. The van der Waals surface area contributed by atoms with Gasteiger partial charge in [0.1, 0.15) is 0 Å². The van der Waals surface area contributed by atoms with Crippen molar-refractivity contribution in [1.82, 2.24) is 10.2 Å². The van der Waals surface area contributed by atoms with Gasteiger partial charge in [-0.25, -0.2) is 0 Å². The van der Waals surface area contributed by atoms with E-state index in [2.05, 4.69) is 36.2 Å². The summed E-state index contributed by atoms with van der Waals surface area (Å²) in [5.41, 5.74) is 1.64. The van der Waals surface area contributed by atoms with E-state index in [1.54, 1.807) is 18.2 Å². The zero-order chi connectivity index (χ0) is 19.6. The van der Waals surface area contributed by atoms with Crippen LogP contribution in [-0.4, -0.2) is 41.4 Å². The second-order valence-corrected chi connectivity index (χ2v) is 6.43. The standard InChI is InChI=1S/C21H27N3O3/c1-3-23(4-2)19(14-17-10-6-5-7-11-17)16-22-21(25)15-18-12-8-9-13-20(18)24(26)27/h5-13,19H,3-4,14-16H2,1-2H3,(H,22,25). The summed E-state index contributed by atoms with van der Waals surface area (Å²) in [6, 6.07) is 16.8. The van der Waals surface area contributed by atoms with Crippen molar-refractivity contribution in [3.8, 4) is 0 Å². The predicted molar refractivity (Wildman–Crippen MR) is 107 cm³/mol. The molecule has 6 heteroatoms. The summed E-state index contributed by atoms with van der Waals surface area (Å²) in [6.45, 7) is 6.52. The van der Waals surface area contributed by atoms with E-state index in [1.807, 2.05) is 18.2 Å². The van der Waals surface area contributed by atoms with Crippen LogP contribution in [0.1, 0.15) is 25.0 Å².